The first-order chi connectivity index (χ1) is 17.2. The quantitative estimate of drug-likeness (QED) is 0.355. The fourth-order valence-electron chi connectivity index (χ4n) is 4.30. The molecule has 1 unspecified atom stereocenters. The minimum Gasteiger partial charge on any atom is -0.508 e. The molecule has 5 rings (SSSR count). The monoisotopic (exact) mass is 504 g/mol. The number of rotatable bonds is 6. The number of carbonyl (C=O) groups is 3. The van der Waals surface area contributed by atoms with Crippen LogP contribution in [0.1, 0.15) is 44.4 Å². The Kier molecular flexibility index (Phi) is 5.60. The van der Waals surface area contributed by atoms with Gasteiger partial charge in [0, 0.05) is 12.3 Å². The lowest BCUT2D eigenvalue weighted by Crippen LogP contribution is -2.31. The van der Waals surface area contributed by atoms with Crippen LogP contribution in [0.4, 0.5) is 5.13 Å². The van der Waals surface area contributed by atoms with Crippen LogP contribution in [0.3, 0.4) is 0 Å². The highest BCUT2D eigenvalue weighted by Crippen LogP contribution is 2.44. The first-order valence-corrected chi connectivity index (χ1v) is 11.7. The van der Waals surface area contributed by atoms with Gasteiger partial charge in [-0.1, -0.05) is 35.6 Å². The van der Waals surface area contributed by atoms with E-state index in [0.717, 1.165) is 16.2 Å². The van der Waals surface area contributed by atoms with Gasteiger partial charge in [-0.25, -0.2) is 4.98 Å². The summed E-state index contributed by atoms with van der Waals surface area (Å²) < 4.78 is 11.1. The molecule has 1 aliphatic rings. The number of anilines is 1. The fraction of sp³-hybridized carbons (Fsp3) is 0.154. The van der Waals surface area contributed by atoms with Gasteiger partial charge < -0.3 is 19.4 Å². The molecule has 0 radical (unpaired) electrons. The molecule has 1 amide bonds. The summed E-state index contributed by atoms with van der Waals surface area (Å²) in [5.74, 6) is -2.32. The van der Waals surface area contributed by atoms with Crippen LogP contribution in [0, 0.1) is 6.92 Å². The van der Waals surface area contributed by atoms with Crippen LogP contribution in [0.25, 0.3) is 11.0 Å². The van der Waals surface area contributed by atoms with Crippen LogP contribution in [0.15, 0.2) is 64.3 Å². The van der Waals surface area contributed by atoms with E-state index in [2.05, 4.69) is 4.98 Å². The Labute approximate surface area is 208 Å². The number of Topliss-reactive ketones (excluding diaryl/α,β-unsaturated/α-hetero) is 2. The molecule has 1 atom stereocenters. The van der Waals surface area contributed by atoms with Gasteiger partial charge in [0.25, 0.3) is 5.91 Å². The number of phenolic OH excluding ortho intramolecular Hbond substituents is 1. The Balaban J connectivity index is 1.67. The fourth-order valence-corrected chi connectivity index (χ4v) is 5.29. The van der Waals surface area contributed by atoms with E-state index in [1.165, 1.54) is 32.2 Å². The maximum atomic E-state index is 13.7. The number of thiazole rings is 1. The van der Waals surface area contributed by atoms with Crippen molar-refractivity contribution < 1.29 is 33.8 Å². The number of carbonyl (C=O) groups excluding carboxylic acids is 3. The number of aryl methyl sites for hydroxylation is 1. The SMILES string of the molecule is COc1cccc2cc(C(=O)C3=C(O)C(=O)N(c4nc(C)c(C(C)=O)s4)C3c3cccc(O)c3)oc12. The predicted octanol–water partition coefficient (Wildman–Crippen LogP) is 4.90. The average molecular weight is 505 g/mol. The van der Waals surface area contributed by atoms with E-state index in [1.54, 1.807) is 37.3 Å². The normalized spacial score (nSPS) is 15.7. The second kappa shape index (κ2) is 8.65. The molecule has 2 aromatic heterocycles. The number of para-hydroxylation sites is 1. The number of aliphatic hydroxyl groups excluding tert-OH is 1. The van der Waals surface area contributed by atoms with Crippen molar-refractivity contribution >= 4 is 44.9 Å². The molecule has 0 fully saturated rings. The van der Waals surface area contributed by atoms with Gasteiger partial charge in [-0.15, -0.1) is 0 Å². The summed E-state index contributed by atoms with van der Waals surface area (Å²) in [5.41, 5.74) is 0.899. The van der Waals surface area contributed by atoms with Gasteiger partial charge in [-0.2, -0.15) is 0 Å². The molecular formula is C26H20N2O7S. The largest absolute Gasteiger partial charge is 0.508 e. The van der Waals surface area contributed by atoms with Crippen molar-refractivity contribution in [3.63, 3.8) is 0 Å². The maximum Gasteiger partial charge on any atom is 0.296 e. The topological polar surface area (TPSA) is 130 Å². The molecular weight excluding hydrogens is 484 g/mol. The van der Waals surface area contributed by atoms with Crippen molar-refractivity contribution in [2.75, 3.05) is 12.0 Å². The number of benzene rings is 2. The highest BCUT2D eigenvalue weighted by molar-refractivity contribution is 7.17. The molecule has 2 N–H and O–H groups in total. The second-order valence-corrected chi connectivity index (χ2v) is 9.20. The lowest BCUT2D eigenvalue weighted by Gasteiger charge is -2.24. The molecule has 1 aliphatic heterocycles. The average Bonchev–Trinajstić information content (AvgIpc) is 3.52. The van der Waals surface area contributed by atoms with Gasteiger partial charge in [0.05, 0.1) is 29.3 Å². The second-order valence-electron chi connectivity index (χ2n) is 8.22. The number of phenols is 1. The molecule has 3 heterocycles. The van der Waals surface area contributed by atoms with E-state index in [1.807, 2.05) is 0 Å². The van der Waals surface area contributed by atoms with Crippen molar-refractivity contribution in [3.8, 4) is 11.5 Å². The molecule has 9 nitrogen and oxygen atoms in total. The van der Waals surface area contributed by atoms with Crippen LogP contribution in [0.5, 0.6) is 11.5 Å². The number of aromatic nitrogens is 1. The Morgan fingerprint density at radius 1 is 1.14 bits per heavy atom. The Morgan fingerprint density at radius 3 is 2.56 bits per heavy atom. The Bertz CT molecular complexity index is 1600. The van der Waals surface area contributed by atoms with E-state index in [-0.39, 0.29) is 28.0 Å². The summed E-state index contributed by atoms with van der Waals surface area (Å²) in [4.78, 5) is 45.0. The number of aliphatic hydroxyl groups is 1. The number of hydrogen-bond donors (Lipinski definition) is 2. The molecule has 0 bridgehead atoms. The first kappa shape index (κ1) is 23.3. The van der Waals surface area contributed by atoms with E-state index in [0.29, 0.717) is 32.9 Å². The summed E-state index contributed by atoms with van der Waals surface area (Å²) in [6.07, 6.45) is 0. The predicted molar refractivity (Wildman–Crippen MR) is 132 cm³/mol. The number of methoxy groups -OCH3 is 1. The highest BCUT2D eigenvalue weighted by Gasteiger charge is 2.47. The molecule has 2 aromatic carbocycles. The van der Waals surface area contributed by atoms with E-state index >= 15 is 0 Å². The zero-order chi connectivity index (χ0) is 25.7. The summed E-state index contributed by atoms with van der Waals surface area (Å²) in [6, 6.07) is 11.6. The van der Waals surface area contributed by atoms with Gasteiger partial charge in [-0.3, -0.25) is 19.3 Å². The molecule has 10 heteroatoms. The molecule has 0 aliphatic carbocycles. The van der Waals surface area contributed by atoms with Crippen molar-refractivity contribution in [1.29, 1.82) is 0 Å². The number of ether oxygens (including phenoxy) is 1. The van der Waals surface area contributed by atoms with Crippen LogP contribution in [-0.4, -0.2) is 39.8 Å². The maximum absolute atomic E-state index is 13.7. The number of nitrogens with zero attached hydrogens (tertiary/aromatic N) is 2. The Hall–Kier alpha value is -4.44. The van der Waals surface area contributed by atoms with Gasteiger partial charge >= 0.3 is 0 Å². The van der Waals surface area contributed by atoms with E-state index in [4.69, 9.17) is 9.15 Å². The molecule has 182 valence electrons. The lowest BCUT2D eigenvalue weighted by molar-refractivity contribution is -0.117. The van der Waals surface area contributed by atoms with E-state index < -0.39 is 23.5 Å². The van der Waals surface area contributed by atoms with Crippen molar-refractivity contribution in [3.05, 3.63) is 81.8 Å². The number of aromatic hydroxyl groups is 1. The highest BCUT2D eigenvalue weighted by atomic mass is 32.1. The minimum absolute atomic E-state index is 0.0914. The minimum atomic E-state index is -1.13. The summed E-state index contributed by atoms with van der Waals surface area (Å²) in [7, 11) is 1.48. The van der Waals surface area contributed by atoms with Crippen molar-refractivity contribution in [2.45, 2.75) is 19.9 Å². The number of fused-ring (bicyclic) bond motifs is 1. The number of ketones is 2. The third-order valence-corrected chi connectivity index (χ3v) is 7.16. The lowest BCUT2D eigenvalue weighted by atomic mass is 9.95. The van der Waals surface area contributed by atoms with Crippen LogP contribution >= 0.6 is 11.3 Å². The van der Waals surface area contributed by atoms with Crippen LogP contribution < -0.4 is 9.64 Å². The van der Waals surface area contributed by atoms with Gasteiger partial charge in [0.2, 0.25) is 5.78 Å². The summed E-state index contributed by atoms with van der Waals surface area (Å²) >= 11 is 0.984. The smallest absolute Gasteiger partial charge is 0.296 e. The third-order valence-electron chi connectivity index (χ3n) is 5.90. The Morgan fingerprint density at radius 2 is 1.89 bits per heavy atom. The van der Waals surface area contributed by atoms with Crippen LogP contribution in [0.2, 0.25) is 0 Å². The standard InChI is InChI=1S/C26H20N2O7S/c1-12-24(13(2)29)36-26(27-12)28-20(14-6-4-8-16(30)10-14)19(22(32)25(28)33)21(31)18-11-15-7-5-9-17(34-3)23(15)35-18/h4-11,20,30,32H,1-3H3. The zero-order valence-corrected chi connectivity index (χ0v) is 20.3. The first-order valence-electron chi connectivity index (χ1n) is 10.9. The van der Waals surface area contributed by atoms with Gasteiger partial charge in [0.15, 0.2) is 33.8 Å². The third kappa shape index (κ3) is 3.62. The molecule has 0 saturated carbocycles. The number of hydrogen-bond acceptors (Lipinski definition) is 9. The number of amides is 1. The van der Waals surface area contributed by atoms with Crippen molar-refractivity contribution in [2.24, 2.45) is 0 Å². The molecule has 0 saturated heterocycles. The number of furan rings is 1. The van der Waals surface area contributed by atoms with Crippen molar-refractivity contribution in [1.82, 2.24) is 4.98 Å². The molecule has 4 aromatic rings. The van der Waals surface area contributed by atoms with Gasteiger partial charge in [-0.05, 0) is 36.8 Å². The zero-order valence-electron chi connectivity index (χ0n) is 19.4. The summed E-state index contributed by atoms with van der Waals surface area (Å²) in [6.45, 7) is 3.03. The van der Waals surface area contributed by atoms with Gasteiger partial charge in [0.1, 0.15) is 5.75 Å². The van der Waals surface area contributed by atoms with Crippen LogP contribution in [-0.2, 0) is 4.79 Å². The summed E-state index contributed by atoms with van der Waals surface area (Å²) in [5, 5.41) is 21.8. The molecule has 0 spiro atoms. The van der Waals surface area contributed by atoms with E-state index in [9.17, 15) is 24.6 Å². The molecule has 36 heavy (non-hydrogen) atoms.